The van der Waals surface area contributed by atoms with Crippen molar-refractivity contribution >= 4 is 22.7 Å². The van der Waals surface area contributed by atoms with Crippen molar-refractivity contribution < 1.29 is 14.0 Å². The van der Waals surface area contributed by atoms with E-state index in [1.807, 2.05) is 40.8 Å². The monoisotopic (exact) mass is 505 g/mol. The number of carbonyl (C=O) groups excluding carboxylic acids is 2. The first-order chi connectivity index (χ1) is 18.0. The largest absolute Gasteiger partial charge is 0.343 e. The van der Waals surface area contributed by atoms with Crippen LogP contribution in [-0.4, -0.2) is 51.9 Å². The number of hydrogen-bond acceptors (Lipinski definition) is 4. The minimum Gasteiger partial charge on any atom is -0.343 e. The maximum atomic E-state index is 14.0. The van der Waals surface area contributed by atoms with E-state index in [2.05, 4.69) is 15.6 Å². The number of rotatable bonds is 7. The summed E-state index contributed by atoms with van der Waals surface area (Å²) in [6.45, 7) is 2.49. The van der Waals surface area contributed by atoms with E-state index in [1.165, 1.54) is 18.6 Å². The van der Waals surface area contributed by atoms with Crippen LogP contribution in [0.3, 0.4) is 0 Å². The topological polar surface area (TPSA) is 79.3 Å². The van der Waals surface area contributed by atoms with Crippen molar-refractivity contribution in [2.45, 2.75) is 70.0 Å². The molecule has 3 aromatic rings. The average Bonchev–Trinajstić information content (AvgIpc) is 3.58. The van der Waals surface area contributed by atoms with Gasteiger partial charge in [-0.05, 0) is 87.5 Å². The molecule has 37 heavy (non-hydrogen) atoms. The van der Waals surface area contributed by atoms with E-state index in [0.29, 0.717) is 6.54 Å². The van der Waals surface area contributed by atoms with Crippen molar-refractivity contribution in [2.75, 3.05) is 13.6 Å². The summed E-state index contributed by atoms with van der Waals surface area (Å²) in [7, 11) is 1.75. The van der Waals surface area contributed by atoms with E-state index in [4.69, 9.17) is 0 Å². The molecule has 1 aromatic carbocycles. The molecule has 1 saturated heterocycles. The van der Waals surface area contributed by atoms with Crippen LogP contribution < -0.4 is 10.6 Å². The Kier molecular flexibility index (Phi) is 7.55. The number of nitrogens with zero attached hydrogens (tertiary/aromatic N) is 3. The highest BCUT2D eigenvalue weighted by molar-refractivity contribution is 5.90. The molecule has 2 unspecified atom stereocenters. The third-order valence-electron chi connectivity index (χ3n) is 8.10. The Morgan fingerprint density at radius 2 is 1.86 bits per heavy atom. The van der Waals surface area contributed by atoms with Crippen LogP contribution in [0.4, 0.5) is 4.39 Å². The lowest BCUT2D eigenvalue weighted by Gasteiger charge is -2.35. The quantitative estimate of drug-likeness (QED) is 0.496. The van der Waals surface area contributed by atoms with Crippen molar-refractivity contribution in [3.63, 3.8) is 0 Å². The van der Waals surface area contributed by atoms with Gasteiger partial charge in [-0.25, -0.2) is 9.37 Å². The first kappa shape index (κ1) is 25.4. The minimum atomic E-state index is -0.506. The molecule has 5 rings (SSSR count). The lowest BCUT2D eigenvalue weighted by atomic mass is 9.83. The van der Waals surface area contributed by atoms with Gasteiger partial charge in [0.2, 0.25) is 11.8 Å². The molecule has 3 atom stereocenters. The SMILES string of the molecule is CNC(C)C(=O)N[C@H](C(=O)N1CCCC1c1ccnc(-n2ccc3cc(F)ccc32)c1)C1CCCCC1. The summed E-state index contributed by atoms with van der Waals surface area (Å²) in [6, 6.07) is 9.66. The number of fused-ring (bicyclic) bond motifs is 1. The van der Waals surface area contributed by atoms with E-state index in [-0.39, 0.29) is 35.6 Å². The van der Waals surface area contributed by atoms with Gasteiger partial charge in [0.05, 0.1) is 17.6 Å². The summed E-state index contributed by atoms with van der Waals surface area (Å²) in [5.41, 5.74) is 1.90. The van der Waals surface area contributed by atoms with E-state index in [1.54, 1.807) is 19.3 Å². The highest BCUT2D eigenvalue weighted by Crippen LogP contribution is 2.35. The zero-order chi connectivity index (χ0) is 25.9. The summed E-state index contributed by atoms with van der Waals surface area (Å²) in [5, 5.41) is 6.90. The molecule has 2 fully saturated rings. The Balaban J connectivity index is 1.42. The Morgan fingerprint density at radius 1 is 1.05 bits per heavy atom. The molecule has 2 aromatic heterocycles. The van der Waals surface area contributed by atoms with Crippen LogP contribution in [0.2, 0.25) is 0 Å². The second-order valence-corrected chi connectivity index (χ2v) is 10.4. The smallest absolute Gasteiger partial charge is 0.245 e. The van der Waals surface area contributed by atoms with Crippen molar-refractivity contribution in [3.05, 3.63) is 60.2 Å². The highest BCUT2D eigenvalue weighted by Gasteiger charge is 2.39. The molecule has 0 radical (unpaired) electrons. The van der Waals surface area contributed by atoms with Gasteiger partial charge in [0.15, 0.2) is 0 Å². The molecule has 0 bridgehead atoms. The fourth-order valence-corrected chi connectivity index (χ4v) is 5.90. The first-order valence-corrected chi connectivity index (χ1v) is 13.5. The average molecular weight is 506 g/mol. The third-order valence-corrected chi connectivity index (χ3v) is 8.10. The number of amides is 2. The highest BCUT2D eigenvalue weighted by atomic mass is 19.1. The van der Waals surface area contributed by atoms with Crippen molar-refractivity contribution in [3.8, 4) is 5.82 Å². The lowest BCUT2D eigenvalue weighted by Crippen LogP contribution is -2.55. The van der Waals surface area contributed by atoms with Gasteiger partial charge in [0.25, 0.3) is 0 Å². The molecule has 2 amide bonds. The van der Waals surface area contributed by atoms with Crippen molar-refractivity contribution in [1.29, 1.82) is 0 Å². The maximum absolute atomic E-state index is 14.0. The van der Waals surface area contributed by atoms with Gasteiger partial charge >= 0.3 is 0 Å². The van der Waals surface area contributed by atoms with Gasteiger partial charge in [0.1, 0.15) is 17.7 Å². The van der Waals surface area contributed by atoms with Gasteiger partial charge in [-0.1, -0.05) is 19.3 Å². The number of halogens is 1. The predicted molar refractivity (Wildman–Crippen MR) is 142 cm³/mol. The van der Waals surface area contributed by atoms with Crippen LogP contribution in [0.1, 0.15) is 63.5 Å². The summed E-state index contributed by atoms with van der Waals surface area (Å²) < 4.78 is 15.6. The molecule has 2 N–H and O–H groups in total. The number of pyridine rings is 1. The maximum Gasteiger partial charge on any atom is 0.245 e. The number of aromatic nitrogens is 2. The van der Waals surface area contributed by atoms with E-state index < -0.39 is 6.04 Å². The van der Waals surface area contributed by atoms with Gasteiger partial charge in [-0.2, -0.15) is 0 Å². The molecular formula is C29H36FN5O2. The number of benzene rings is 1. The summed E-state index contributed by atoms with van der Waals surface area (Å²) in [4.78, 5) is 33.4. The number of hydrogen-bond donors (Lipinski definition) is 2. The molecule has 1 aliphatic heterocycles. The van der Waals surface area contributed by atoms with Gasteiger partial charge in [0, 0.05) is 24.3 Å². The van der Waals surface area contributed by atoms with Gasteiger partial charge in [-0.3, -0.25) is 9.59 Å². The fraction of sp³-hybridized carbons (Fsp3) is 0.483. The van der Waals surface area contributed by atoms with Gasteiger partial charge in [-0.15, -0.1) is 0 Å². The molecule has 7 nitrogen and oxygen atoms in total. The molecule has 1 aliphatic carbocycles. The second kappa shape index (κ2) is 11.0. The number of nitrogens with one attached hydrogen (secondary N) is 2. The Labute approximate surface area is 217 Å². The molecule has 8 heteroatoms. The normalized spacial score (nSPS) is 20.2. The van der Waals surface area contributed by atoms with E-state index in [0.717, 1.165) is 60.8 Å². The van der Waals surface area contributed by atoms with Crippen molar-refractivity contribution in [1.82, 2.24) is 25.1 Å². The Bertz CT molecular complexity index is 1270. The summed E-state index contributed by atoms with van der Waals surface area (Å²) in [5.74, 6) is 0.514. The minimum absolute atomic E-state index is 0.0197. The zero-order valence-corrected chi connectivity index (χ0v) is 21.6. The van der Waals surface area contributed by atoms with Crippen LogP contribution in [-0.2, 0) is 9.59 Å². The van der Waals surface area contributed by atoms with Crippen LogP contribution in [0.15, 0.2) is 48.8 Å². The molecule has 3 heterocycles. The van der Waals surface area contributed by atoms with E-state index >= 15 is 0 Å². The Morgan fingerprint density at radius 3 is 2.65 bits per heavy atom. The first-order valence-electron chi connectivity index (χ1n) is 13.5. The molecule has 196 valence electrons. The third kappa shape index (κ3) is 5.25. The van der Waals surface area contributed by atoms with Gasteiger partial charge < -0.3 is 20.1 Å². The van der Waals surface area contributed by atoms with Crippen molar-refractivity contribution in [2.24, 2.45) is 5.92 Å². The summed E-state index contributed by atoms with van der Waals surface area (Å²) >= 11 is 0. The predicted octanol–water partition coefficient (Wildman–Crippen LogP) is 4.50. The standard InChI is InChI=1S/C29H36FN5O2/c1-19(31-2)28(36)33-27(20-7-4-3-5-8-20)29(37)35-15-6-9-24(35)21-12-14-32-26(18-21)34-16-13-22-17-23(30)10-11-25(22)34/h10-14,16-20,24,27,31H,3-9,15H2,1-2H3,(H,33,36)/t19?,24?,27-/m0/s1. The fourth-order valence-electron chi connectivity index (χ4n) is 5.90. The van der Waals surface area contributed by atoms with Crippen LogP contribution in [0.5, 0.6) is 0 Å². The molecular weight excluding hydrogens is 469 g/mol. The number of carbonyl (C=O) groups is 2. The Hall–Kier alpha value is -3.26. The lowest BCUT2D eigenvalue weighted by molar-refractivity contribution is -0.139. The van der Waals surface area contributed by atoms with Crippen LogP contribution in [0, 0.1) is 11.7 Å². The molecule has 1 saturated carbocycles. The van der Waals surface area contributed by atoms with Crippen LogP contribution >= 0.6 is 0 Å². The second-order valence-electron chi connectivity index (χ2n) is 10.4. The van der Waals surface area contributed by atoms with Crippen LogP contribution in [0.25, 0.3) is 16.7 Å². The molecule has 0 spiro atoms. The molecule has 2 aliphatic rings. The zero-order valence-electron chi connectivity index (χ0n) is 21.6. The number of likely N-dealkylation sites (N-methyl/N-ethyl adjacent to an activating group) is 1. The number of likely N-dealkylation sites (tertiary alicyclic amines) is 1. The van der Waals surface area contributed by atoms with E-state index in [9.17, 15) is 14.0 Å². The summed E-state index contributed by atoms with van der Waals surface area (Å²) in [6.07, 6.45) is 10.7.